The van der Waals surface area contributed by atoms with Gasteiger partial charge in [-0.05, 0) is 33.3 Å². The largest absolute Gasteiger partial charge is 0.357 e. The van der Waals surface area contributed by atoms with Crippen molar-refractivity contribution in [1.82, 2.24) is 20.4 Å². The summed E-state index contributed by atoms with van der Waals surface area (Å²) >= 11 is 0. The predicted octanol–water partition coefficient (Wildman–Crippen LogP) is 1.07. The van der Waals surface area contributed by atoms with E-state index in [1.54, 1.807) is 7.05 Å². The zero-order valence-corrected chi connectivity index (χ0v) is 11.2. The number of rotatable bonds is 5. The molecule has 0 saturated heterocycles. The lowest BCUT2D eigenvalue weighted by Gasteiger charge is -2.10. The Morgan fingerprint density at radius 3 is 2.71 bits per heavy atom. The maximum atomic E-state index is 4.43. The number of nitrogens with zero attached hydrogens (tertiary/aromatic N) is 3. The zero-order valence-electron chi connectivity index (χ0n) is 11.2. The average Bonchev–Trinajstić information content (AvgIpc) is 2.62. The van der Waals surface area contributed by atoms with Crippen LogP contribution in [-0.2, 0) is 6.54 Å². The van der Waals surface area contributed by atoms with Crippen molar-refractivity contribution in [2.45, 2.75) is 33.7 Å². The first-order valence-corrected chi connectivity index (χ1v) is 6.13. The fourth-order valence-electron chi connectivity index (χ4n) is 1.72. The molecule has 0 aromatic carbocycles. The third-order valence-corrected chi connectivity index (χ3v) is 2.51. The number of aryl methyl sites for hydroxylation is 3. The summed E-state index contributed by atoms with van der Waals surface area (Å²) in [6.07, 6.45) is 1.03. The first kappa shape index (κ1) is 13.5. The SMILES string of the molecule is CCNC(=NC)NCCCn1nc(C)cc1C. The Hall–Kier alpha value is -1.52. The van der Waals surface area contributed by atoms with Gasteiger partial charge in [0.2, 0.25) is 0 Å². The average molecular weight is 237 g/mol. The molecule has 1 heterocycles. The lowest BCUT2D eigenvalue weighted by atomic mass is 10.4. The Balaban J connectivity index is 2.26. The molecule has 0 aliphatic rings. The van der Waals surface area contributed by atoms with E-state index in [4.69, 9.17) is 0 Å². The molecule has 5 nitrogen and oxygen atoms in total. The highest BCUT2D eigenvalue weighted by Gasteiger charge is 2.00. The van der Waals surface area contributed by atoms with Crippen molar-refractivity contribution in [3.63, 3.8) is 0 Å². The highest BCUT2D eigenvalue weighted by Crippen LogP contribution is 2.01. The Morgan fingerprint density at radius 1 is 1.41 bits per heavy atom. The summed E-state index contributed by atoms with van der Waals surface area (Å²) in [6, 6.07) is 2.10. The van der Waals surface area contributed by atoms with Crippen LogP contribution in [0, 0.1) is 13.8 Å². The van der Waals surface area contributed by atoms with Gasteiger partial charge in [0.15, 0.2) is 5.96 Å². The molecule has 0 saturated carbocycles. The molecule has 2 N–H and O–H groups in total. The van der Waals surface area contributed by atoms with E-state index in [0.29, 0.717) is 0 Å². The second-order valence-corrected chi connectivity index (χ2v) is 4.03. The summed E-state index contributed by atoms with van der Waals surface area (Å²) in [5, 5.41) is 10.9. The van der Waals surface area contributed by atoms with Gasteiger partial charge in [-0.2, -0.15) is 5.10 Å². The molecule has 0 spiro atoms. The topological polar surface area (TPSA) is 54.2 Å². The van der Waals surface area contributed by atoms with Gasteiger partial charge in [0.1, 0.15) is 0 Å². The molecule has 1 aromatic rings. The van der Waals surface area contributed by atoms with Crippen LogP contribution in [0.4, 0.5) is 0 Å². The first-order chi connectivity index (χ1) is 8.17. The summed E-state index contributed by atoms with van der Waals surface area (Å²) in [4.78, 5) is 4.12. The van der Waals surface area contributed by atoms with Crippen molar-refractivity contribution in [2.24, 2.45) is 4.99 Å². The monoisotopic (exact) mass is 237 g/mol. The van der Waals surface area contributed by atoms with E-state index in [2.05, 4.69) is 40.6 Å². The van der Waals surface area contributed by atoms with E-state index >= 15 is 0 Å². The molecular formula is C12H23N5. The fraction of sp³-hybridized carbons (Fsp3) is 0.667. The van der Waals surface area contributed by atoms with E-state index in [-0.39, 0.29) is 0 Å². The maximum absolute atomic E-state index is 4.43. The summed E-state index contributed by atoms with van der Waals surface area (Å²) in [7, 11) is 1.78. The Morgan fingerprint density at radius 2 is 2.18 bits per heavy atom. The van der Waals surface area contributed by atoms with E-state index in [0.717, 1.165) is 37.7 Å². The highest BCUT2D eigenvalue weighted by molar-refractivity contribution is 5.79. The van der Waals surface area contributed by atoms with Crippen LogP contribution in [0.3, 0.4) is 0 Å². The van der Waals surface area contributed by atoms with E-state index in [1.807, 2.05) is 11.6 Å². The predicted molar refractivity (Wildman–Crippen MR) is 71.4 cm³/mol. The maximum Gasteiger partial charge on any atom is 0.190 e. The van der Waals surface area contributed by atoms with Crippen LogP contribution in [0.25, 0.3) is 0 Å². The van der Waals surface area contributed by atoms with Gasteiger partial charge in [-0.15, -0.1) is 0 Å². The third kappa shape index (κ3) is 4.46. The standard InChI is InChI=1S/C12H23N5/c1-5-14-12(13-4)15-7-6-8-17-11(3)9-10(2)16-17/h9H,5-8H2,1-4H3,(H2,13,14,15). The third-order valence-electron chi connectivity index (χ3n) is 2.51. The molecule has 0 unspecified atom stereocenters. The lowest BCUT2D eigenvalue weighted by Crippen LogP contribution is -2.37. The minimum Gasteiger partial charge on any atom is -0.357 e. The van der Waals surface area contributed by atoms with Crippen LogP contribution in [0.5, 0.6) is 0 Å². The van der Waals surface area contributed by atoms with Crippen LogP contribution in [0.15, 0.2) is 11.1 Å². The molecule has 0 aliphatic carbocycles. The molecule has 0 atom stereocenters. The molecule has 5 heteroatoms. The van der Waals surface area contributed by atoms with Crippen molar-refractivity contribution < 1.29 is 0 Å². The van der Waals surface area contributed by atoms with Crippen LogP contribution < -0.4 is 10.6 Å². The number of hydrogen-bond donors (Lipinski definition) is 2. The van der Waals surface area contributed by atoms with E-state index in [9.17, 15) is 0 Å². The fourth-order valence-corrected chi connectivity index (χ4v) is 1.72. The molecule has 0 aliphatic heterocycles. The van der Waals surface area contributed by atoms with Gasteiger partial charge >= 0.3 is 0 Å². The van der Waals surface area contributed by atoms with E-state index in [1.165, 1.54) is 5.69 Å². The van der Waals surface area contributed by atoms with Crippen LogP contribution in [0.2, 0.25) is 0 Å². The van der Waals surface area contributed by atoms with Crippen molar-refractivity contribution in [1.29, 1.82) is 0 Å². The van der Waals surface area contributed by atoms with Crippen molar-refractivity contribution in [2.75, 3.05) is 20.1 Å². The number of aliphatic imine (C=N–C) groups is 1. The van der Waals surface area contributed by atoms with E-state index < -0.39 is 0 Å². The van der Waals surface area contributed by atoms with Gasteiger partial charge in [-0.25, -0.2) is 0 Å². The van der Waals surface area contributed by atoms with Gasteiger partial charge in [0.05, 0.1) is 5.69 Å². The summed E-state index contributed by atoms with van der Waals surface area (Å²) < 4.78 is 2.05. The first-order valence-electron chi connectivity index (χ1n) is 6.13. The van der Waals surface area contributed by atoms with Gasteiger partial charge < -0.3 is 10.6 Å². The van der Waals surface area contributed by atoms with Gasteiger partial charge in [-0.1, -0.05) is 0 Å². The Labute approximate surface area is 103 Å². The molecule has 1 aromatic heterocycles. The minimum atomic E-state index is 0.862. The van der Waals surface area contributed by atoms with Crippen LogP contribution in [0.1, 0.15) is 24.7 Å². The summed E-state index contributed by atoms with van der Waals surface area (Å²) in [5.41, 5.74) is 2.30. The molecule has 0 bridgehead atoms. The highest BCUT2D eigenvalue weighted by atomic mass is 15.3. The van der Waals surface area contributed by atoms with Crippen molar-refractivity contribution >= 4 is 5.96 Å². The molecule has 17 heavy (non-hydrogen) atoms. The lowest BCUT2D eigenvalue weighted by molar-refractivity contribution is 0.555. The Bertz CT molecular complexity index is 367. The number of aromatic nitrogens is 2. The van der Waals surface area contributed by atoms with Crippen LogP contribution >= 0.6 is 0 Å². The number of guanidine groups is 1. The second-order valence-electron chi connectivity index (χ2n) is 4.03. The zero-order chi connectivity index (χ0) is 12.7. The van der Waals surface area contributed by atoms with Crippen molar-refractivity contribution in [3.8, 4) is 0 Å². The second kappa shape index (κ2) is 6.93. The quantitative estimate of drug-likeness (QED) is 0.458. The normalized spacial score (nSPS) is 11.6. The summed E-state index contributed by atoms with van der Waals surface area (Å²) in [5.74, 6) is 0.862. The molecular weight excluding hydrogens is 214 g/mol. The molecule has 0 amide bonds. The molecule has 1 rings (SSSR count). The van der Waals surface area contributed by atoms with Crippen LogP contribution in [-0.4, -0.2) is 35.9 Å². The smallest absolute Gasteiger partial charge is 0.190 e. The molecule has 0 radical (unpaired) electrons. The Kier molecular flexibility index (Phi) is 5.52. The van der Waals surface area contributed by atoms with Gasteiger partial charge in [-0.3, -0.25) is 9.67 Å². The van der Waals surface area contributed by atoms with Gasteiger partial charge in [0, 0.05) is 32.4 Å². The minimum absolute atomic E-state index is 0.862. The number of hydrogen-bond acceptors (Lipinski definition) is 2. The van der Waals surface area contributed by atoms with Crippen molar-refractivity contribution in [3.05, 3.63) is 17.5 Å². The van der Waals surface area contributed by atoms with Gasteiger partial charge in [0.25, 0.3) is 0 Å². The summed E-state index contributed by atoms with van der Waals surface area (Å²) in [6.45, 7) is 8.90. The molecule has 0 fully saturated rings. The molecule has 96 valence electrons. The number of nitrogens with one attached hydrogen (secondary N) is 2.